The quantitative estimate of drug-likeness (QED) is 0.524. The Morgan fingerprint density at radius 2 is 2.14 bits per heavy atom. The van der Waals surface area contributed by atoms with Crippen molar-refractivity contribution in [2.75, 3.05) is 7.11 Å². The van der Waals surface area contributed by atoms with Crippen LogP contribution in [-0.4, -0.2) is 36.0 Å². The molecule has 0 aromatic heterocycles. The number of rotatable bonds is 3. The molecule has 0 saturated heterocycles. The summed E-state index contributed by atoms with van der Waals surface area (Å²) in [7, 11) is 1.38. The Labute approximate surface area is 84.1 Å². The summed E-state index contributed by atoms with van der Waals surface area (Å²) < 4.78 is 9.75. The molecule has 3 atom stereocenters. The molecule has 0 spiro atoms. The standard InChI is InChI=1S/C10H18O4/c1-13-10(12)14-9-5-3-2-4-8(11)6-7-9/h3,5,8-12H,2,4,6-7H2,1H3. The maximum Gasteiger partial charge on any atom is 0.269 e. The second-order valence-corrected chi connectivity index (χ2v) is 3.45. The molecule has 1 aliphatic rings. The lowest BCUT2D eigenvalue weighted by Crippen LogP contribution is -2.24. The van der Waals surface area contributed by atoms with E-state index in [-0.39, 0.29) is 12.2 Å². The molecular formula is C10H18O4. The van der Waals surface area contributed by atoms with E-state index in [1.165, 1.54) is 7.11 Å². The van der Waals surface area contributed by atoms with Crippen LogP contribution in [0, 0.1) is 0 Å². The summed E-state index contributed by atoms with van der Waals surface area (Å²) in [6.07, 6.45) is 6.51. The molecule has 14 heavy (non-hydrogen) atoms. The van der Waals surface area contributed by atoms with E-state index in [1.807, 2.05) is 12.2 Å². The molecule has 1 aliphatic carbocycles. The van der Waals surface area contributed by atoms with Gasteiger partial charge in [0, 0.05) is 7.11 Å². The molecule has 0 bridgehead atoms. The second kappa shape index (κ2) is 6.14. The number of allylic oxidation sites excluding steroid dienone is 1. The van der Waals surface area contributed by atoms with E-state index in [0.717, 1.165) is 12.8 Å². The second-order valence-electron chi connectivity index (χ2n) is 3.45. The third-order valence-corrected chi connectivity index (χ3v) is 2.29. The third kappa shape index (κ3) is 4.19. The molecule has 2 N–H and O–H groups in total. The van der Waals surface area contributed by atoms with E-state index < -0.39 is 6.48 Å². The molecule has 0 amide bonds. The zero-order valence-corrected chi connectivity index (χ0v) is 8.43. The van der Waals surface area contributed by atoms with Gasteiger partial charge < -0.3 is 19.7 Å². The summed E-state index contributed by atoms with van der Waals surface area (Å²) in [4.78, 5) is 0. The molecule has 82 valence electrons. The van der Waals surface area contributed by atoms with Crippen molar-refractivity contribution in [1.82, 2.24) is 0 Å². The molecule has 3 unspecified atom stereocenters. The number of hydrogen-bond donors (Lipinski definition) is 2. The van der Waals surface area contributed by atoms with Crippen LogP contribution in [0.4, 0.5) is 0 Å². The van der Waals surface area contributed by atoms with Crippen molar-refractivity contribution in [2.45, 2.75) is 44.4 Å². The number of aliphatic hydroxyl groups excluding tert-OH is 2. The summed E-state index contributed by atoms with van der Waals surface area (Å²) in [5.41, 5.74) is 0. The largest absolute Gasteiger partial charge is 0.393 e. The van der Waals surface area contributed by atoms with Crippen LogP contribution in [0.3, 0.4) is 0 Å². The van der Waals surface area contributed by atoms with Crippen LogP contribution in [0.15, 0.2) is 12.2 Å². The van der Waals surface area contributed by atoms with Crippen LogP contribution in [0.1, 0.15) is 25.7 Å². The van der Waals surface area contributed by atoms with Crippen LogP contribution < -0.4 is 0 Å². The third-order valence-electron chi connectivity index (χ3n) is 2.29. The van der Waals surface area contributed by atoms with Crippen LogP contribution in [0.5, 0.6) is 0 Å². The molecule has 0 aliphatic heterocycles. The molecule has 0 aromatic rings. The fourth-order valence-corrected chi connectivity index (χ4v) is 1.45. The Balaban J connectivity index is 2.38. The molecule has 0 saturated carbocycles. The van der Waals surface area contributed by atoms with Crippen molar-refractivity contribution in [1.29, 1.82) is 0 Å². The SMILES string of the molecule is COC(O)OC1C=CCCC(O)CC1. The molecule has 0 heterocycles. The van der Waals surface area contributed by atoms with Gasteiger partial charge in [-0.2, -0.15) is 0 Å². The summed E-state index contributed by atoms with van der Waals surface area (Å²) in [6.45, 7) is -1.18. The Bertz CT molecular complexity index is 181. The van der Waals surface area contributed by atoms with Crippen molar-refractivity contribution < 1.29 is 19.7 Å². The highest BCUT2D eigenvalue weighted by atomic mass is 16.8. The van der Waals surface area contributed by atoms with E-state index in [9.17, 15) is 5.11 Å². The van der Waals surface area contributed by atoms with Crippen LogP contribution in [-0.2, 0) is 9.47 Å². The minimum Gasteiger partial charge on any atom is -0.393 e. The van der Waals surface area contributed by atoms with Gasteiger partial charge in [0.15, 0.2) is 0 Å². The normalized spacial score (nSPS) is 30.8. The first-order chi connectivity index (χ1) is 6.72. The van der Waals surface area contributed by atoms with Crippen molar-refractivity contribution in [3.63, 3.8) is 0 Å². The predicted octanol–water partition coefficient (Wildman–Crippen LogP) is 0.785. The zero-order chi connectivity index (χ0) is 10.4. The maximum atomic E-state index is 9.44. The smallest absolute Gasteiger partial charge is 0.269 e. The summed E-state index contributed by atoms with van der Waals surface area (Å²) in [6, 6.07) is 0. The molecule has 0 radical (unpaired) electrons. The summed E-state index contributed by atoms with van der Waals surface area (Å²) >= 11 is 0. The first-order valence-corrected chi connectivity index (χ1v) is 4.93. The van der Waals surface area contributed by atoms with E-state index in [0.29, 0.717) is 12.8 Å². The van der Waals surface area contributed by atoms with Crippen LogP contribution in [0.2, 0.25) is 0 Å². The fourth-order valence-electron chi connectivity index (χ4n) is 1.45. The van der Waals surface area contributed by atoms with Crippen molar-refractivity contribution in [2.24, 2.45) is 0 Å². The lowest BCUT2D eigenvalue weighted by atomic mass is 10.0. The van der Waals surface area contributed by atoms with E-state index in [1.54, 1.807) is 0 Å². The average Bonchev–Trinajstić information content (AvgIpc) is 2.16. The Morgan fingerprint density at radius 1 is 1.36 bits per heavy atom. The topological polar surface area (TPSA) is 58.9 Å². The molecule has 4 heteroatoms. The number of ether oxygens (including phenoxy) is 2. The van der Waals surface area contributed by atoms with Gasteiger partial charge in [-0.15, -0.1) is 0 Å². The highest BCUT2D eigenvalue weighted by Crippen LogP contribution is 2.15. The zero-order valence-electron chi connectivity index (χ0n) is 8.43. The van der Waals surface area contributed by atoms with Gasteiger partial charge in [0.25, 0.3) is 6.48 Å². The lowest BCUT2D eigenvalue weighted by molar-refractivity contribution is -0.264. The molecule has 0 aromatic carbocycles. The molecule has 1 rings (SSSR count). The van der Waals surface area contributed by atoms with E-state index >= 15 is 0 Å². The maximum absolute atomic E-state index is 9.44. The fraction of sp³-hybridized carbons (Fsp3) is 0.800. The Kier molecular flexibility index (Phi) is 5.11. The van der Waals surface area contributed by atoms with Gasteiger partial charge in [-0.1, -0.05) is 12.2 Å². The Hall–Kier alpha value is -0.420. The van der Waals surface area contributed by atoms with E-state index in [4.69, 9.17) is 9.84 Å². The van der Waals surface area contributed by atoms with Gasteiger partial charge >= 0.3 is 0 Å². The highest BCUT2D eigenvalue weighted by Gasteiger charge is 2.15. The monoisotopic (exact) mass is 202 g/mol. The Morgan fingerprint density at radius 3 is 2.86 bits per heavy atom. The van der Waals surface area contributed by atoms with Crippen LogP contribution >= 0.6 is 0 Å². The minimum atomic E-state index is -1.18. The first-order valence-electron chi connectivity index (χ1n) is 4.93. The van der Waals surface area contributed by atoms with Gasteiger partial charge in [0.05, 0.1) is 12.2 Å². The number of aliphatic hydroxyl groups is 2. The van der Waals surface area contributed by atoms with Gasteiger partial charge in [-0.25, -0.2) is 0 Å². The lowest BCUT2D eigenvalue weighted by Gasteiger charge is -2.20. The van der Waals surface area contributed by atoms with Gasteiger partial charge in [-0.05, 0) is 25.7 Å². The molecular weight excluding hydrogens is 184 g/mol. The van der Waals surface area contributed by atoms with Gasteiger partial charge in [0.2, 0.25) is 0 Å². The molecule has 4 nitrogen and oxygen atoms in total. The first kappa shape index (κ1) is 11.7. The van der Waals surface area contributed by atoms with Crippen molar-refractivity contribution in [3.8, 4) is 0 Å². The van der Waals surface area contributed by atoms with Crippen LogP contribution in [0.25, 0.3) is 0 Å². The predicted molar refractivity (Wildman–Crippen MR) is 51.5 cm³/mol. The molecule has 0 fully saturated rings. The average molecular weight is 202 g/mol. The minimum absolute atomic E-state index is 0.167. The number of hydrogen-bond acceptors (Lipinski definition) is 4. The summed E-state index contributed by atoms with van der Waals surface area (Å²) in [5.74, 6) is 0. The number of methoxy groups -OCH3 is 1. The van der Waals surface area contributed by atoms with Crippen molar-refractivity contribution in [3.05, 3.63) is 12.2 Å². The van der Waals surface area contributed by atoms with E-state index in [2.05, 4.69) is 4.74 Å². The van der Waals surface area contributed by atoms with Gasteiger partial charge in [0.1, 0.15) is 0 Å². The van der Waals surface area contributed by atoms with Gasteiger partial charge in [-0.3, -0.25) is 0 Å². The highest BCUT2D eigenvalue weighted by molar-refractivity contribution is 4.92. The summed E-state index contributed by atoms with van der Waals surface area (Å²) in [5, 5.41) is 18.5. The van der Waals surface area contributed by atoms with Crippen molar-refractivity contribution >= 4 is 0 Å².